The van der Waals surface area contributed by atoms with E-state index in [0.29, 0.717) is 18.0 Å². The van der Waals surface area contributed by atoms with Crippen molar-refractivity contribution in [2.45, 2.75) is 71.0 Å². The Kier molecular flexibility index (Phi) is 11.5. The molecular weight excluding hydrogens is 611 g/mol. The SMILES string of the molecule is CCOc1ccc(N(CC(=O)N(Cc2ccccc2C)[C@H](Cc2ccccc2)C(=O)NC(C)(C)C)S(=O)(=O)c2ccc(C)cc2)cc1. The van der Waals surface area contributed by atoms with Crippen molar-refractivity contribution in [1.29, 1.82) is 0 Å². The molecule has 9 heteroatoms. The smallest absolute Gasteiger partial charge is 0.264 e. The van der Waals surface area contributed by atoms with Gasteiger partial charge in [-0.3, -0.25) is 13.9 Å². The molecule has 0 saturated carbocycles. The minimum Gasteiger partial charge on any atom is -0.494 e. The number of hydrogen-bond acceptors (Lipinski definition) is 5. The first kappa shape index (κ1) is 35.2. The van der Waals surface area contributed by atoms with E-state index in [1.165, 1.54) is 17.0 Å². The predicted molar refractivity (Wildman–Crippen MR) is 187 cm³/mol. The number of hydrogen-bond donors (Lipinski definition) is 1. The number of nitrogens with one attached hydrogen (secondary N) is 1. The lowest BCUT2D eigenvalue weighted by molar-refractivity contribution is -0.140. The molecule has 0 aliphatic carbocycles. The lowest BCUT2D eigenvalue weighted by Gasteiger charge is -2.35. The van der Waals surface area contributed by atoms with Crippen LogP contribution in [0.1, 0.15) is 49.9 Å². The largest absolute Gasteiger partial charge is 0.494 e. The Bertz CT molecular complexity index is 1750. The van der Waals surface area contributed by atoms with Gasteiger partial charge in [-0.05, 0) is 94.6 Å². The zero-order chi connectivity index (χ0) is 34.2. The molecule has 0 saturated heterocycles. The Hall–Kier alpha value is -4.63. The van der Waals surface area contributed by atoms with Crippen molar-refractivity contribution in [3.63, 3.8) is 0 Å². The molecule has 0 fully saturated rings. The average Bonchev–Trinajstić information content (AvgIpc) is 3.02. The Labute approximate surface area is 279 Å². The van der Waals surface area contributed by atoms with Crippen molar-refractivity contribution in [2.75, 3.05) is 17.5 Å². The highest BCUT2D eigenvalue weighted by Gasteiger charge is 2.35. The van der Waals surface area contributed by atoms with Gasteiger partial charge in [0.25, 0.3) is 10.0 Å². The summed E-state index contributed by atoms with van der Waals surface area (Å²) < 4.78 is 35.2. The topological polar surface area (TPSA) is 96.0 Å². The third-order valence-electron chi connectivity index (χ3n) is 7.69. The van der Waals surface area contributed by atoms with Crippen LogP contribution in [-0.4, -0.2) is 49.9 Å². The van der Waals surface area contributed by atoms with Gasteiger partial charge in [0.15, 0.2) is 0 Å². The van der Waals surface area contributed by atoms with E-state index in [0.717, 1.165) is 26.6 Å². The van der Waals surface area contributed by atoms with Crippen molar-refractivity contribution in [1.82, 2.24) is 10.2 Å². The molecule has 1 atom stereocenters. The molecule has 47 heavy (non-hydrogen) atoms. The van der Waals surface area contributed by atoms with Crippen LogP contribution in [0.5, 0.6) is 5.75 Å². The molecule has 0 spiro atoms. The minimum atomic E-state index is -4.19. The fraction of sp³-hybridized carbons (Fsp3) is 0.316. The molecule has 0 aromatic heterocycles. The van der Waals surface area contributed by atoms with Crippen LogP contribution in [0.3, 0.4) is 0 Å². The second-order valence-electron chi connectivity index (χ2n) is 12.6. The zero-order valence-electron chi connectivity index (χ0n) is 28.1. The number of amides is 2. The summed E-state index contributed by atoms with van der Waals surface area (Å²) in [4.78, 5) is 30.3. The van der Waals surface area contributed by atoms with Crippen LogP contribution < -0.4 is 14.4 Å². The third-order valence-corrected chi connectivity index (χ3v) is 9.48. The number of aryl methyl sites for hydroxylation is 2. The molecule has 0 heterocycles. The molecule has 248 valence electrons. The van der Waals surface area contributed by atoms with Gasteiger partial charge in [-0.25, -0.2) is 8.42 Å². The van der Waals surface area contributed by atoms with Crippen LogP contribution in [0, 0.1) is 13.8 Å². The maximum atomic E-state index is 14.7. The van der Waals surface area contributed by atoms with Gasteiger partial charge >= 0.3 is 0 Å². The van der Waals surface area contributed by atoms with Crippen LogP contribution >= 0.6 is 0 Å². The summed E-state index contributed by atoms with van der Waals surface area (Å²) in [5, 5.41) is 3.06. The summed E-state index contributed by atoms with van der Waals surface area (Å²) >= 11 is 0. The molecule has 0 unspecified atom stereocenters. The first-order valence-electron chi connectivity index (χ1n) is 15.8. The number of carbonyl (C=O) groups excluding carboxylic acids is 2. The fourth-order valence-corrected chi connectivity index (χ4v) is 6.63. The number of benzene rings is 4. The van der Waals surface area contributed by atoms with Crippen molar-refractivity contribution in [2.24, 2.45) is 0 Å². The van der Waals surface area contributed by atoms with Crippen molar-refractivity contribution < 1.29 is 22.7 Å². The molecule has 4 rings (SSSR count). The van der Waals surface area contributed by atoms with E-state index in [2.05, 4.69) is 5.32 Å². The Morgan fingerprint density at radius 1 is 0.830 bits per heavy atom. The van der Waals surface area contributed by atoms with Gasteiger partial charge in [0, 0.05) is 18.5 Å². The van der Waals surface area contributed by atoms with Crippen LogP contribution in [-0.2, 0) is 32.6 Å². The highest BCUT2D eigenvalue weighted by atomic mass is 32.2. The van der Waals surface area contributed by atoms with Crippen LogP contribution in [0.15, 0.2) is 108 Å². The number of carbonyl (C=O) groups is 2. The standard InChI is InChI=1S/C38H45N3O5S/c1-7-46-33-21-19-32(20-22-33)41(47(44,45)34-23-17-28(2)18-24-34)27-36(42)40(26-31-16-12-11-13-29(31)3)35(37(43)39-38(4,5)6)25-30-14-9-8-10-15-30/h8-24,35H,7,25-27H2,1-6H3,(H,39,43)/t35-/m1/s1. The molecular formula is C38H45N3O5S. The summed E-state index contributed by atoms with van der Waals surface area (Å²) in [6.07, 6.45) is 0.244. The fourth-order valence-electron chi connectivity index (χ4n) is 5.22. The number of anilines is 1. The number of nitrogens with zero attached hydrogens (tertiary/aromatic N) is 2. The van der Waals surface area contributed by atoms with Crippen LogP contribution in [0.25, 0.3) is 0 Å². The molecule has 0 aliphatic heterocycles. The summed E-state index contributed by atoms with van der Waals surface area (Å²) in [6, 6.07) is 29.4. The Balaban J connectivity index is 1.82. The van der Waals surface area contributed by atoms with E-state index in [9.17, 15) is 18.0 Å². The molecule has 0 bridgehead atoms. The van der Waals surface area contributed by atoms with Gasteiger partial charge in [-0.15, -0.1) is 0 Å². The Morgan fingerprint density at radius 3 is 2.04 bits per heavy atom. The second kappa shape index (κ2) is 15.3. The van der Waals surface area contributed by atoms with Crippen molar-refractivity contribution >= 4 is 27.5 Å². The average molecular weight is 656 g/mol. The summed E-state index contributed by atoms with van der Waals surface area (Å²) in [5.41, 5.74) is 3.33. The molecule has 8 nitrogen and oxygen atoms in total. The molecule has 1 N–H and O–H groups in total. The lowest BCUT2D eigenvalue weighted by Crippen LogP contribution is -2.56. The lowest BCUT2D eigenvalue weighted by atomic mass is 10.00. The van der Waals surface area contributed by atoms with Gasteiger partial charge in [0.1, 0.15) is 18.3 Å². The van der Waals surface area contributed by atoms with E-state index in [4.69, 9.17) is 4.74 Å². The van der Waals surface area contributed by atoms with E-state index in [1.54, 1.807) is 36.4 Å². The van der Waals surface area contributed by atoms with Gasteiger partial charge in [-0.2, -0.15) is 0 Å². The van der Waals surface area contributed by atoms with Crippen LogP contribution in [0.2, 0.25) is 0 Å². The Morgan fingerprint density at radius 2 is 1.45 bits per heavy atom. The first-order valence-corrected chi connectivity index (χ1v) is 17.2. The van der Waals surface area contributed by atoms with E-state index >= 15 is 0 Å². The van der Waals surface area contributed by atoms with E-state index in [-0.39, 0.29) is 23.8 Å². The zero-order valence-corrected chi connectivity index (χ0v) is 28.9. The van der Waals surface area contributed by atoms with Gasteiger partial charge < -0.3 is 15.0 Å². The monoisotopic (exact) mass is 655 g/mol. The van der Waals surface area contributed by atoms with E-state index in [1.807, 2.05) is 96.1 Å². The molecule has 4 aromatic carbocycles. The summed E-state index contributed by atoms with van der Waals surface area (Å²) in [6.45, 7) is 11.4. The number of rotatable bonds is 13. The highest BCUT2D eigenvalue weighted by Crippen LogP contribution is 2.27. The van der Waals surface area contributed by atoms with Gasteiger partial charge in [0.2, 0.25) is 11.8 Å². The molecule has 4 aromatic rings. The number of ether oxygens (including phenoxy) is 1. The van der Waals surface area contributed by atoms with Crippen molar-refractivity contribution in [3.8, 4) is 5.75 Å². The summed E-state index contributed by atoms with van der Waals surface area (Å²) in [5.74, 6) is -0.252. The third kappa shape index (κ3) is 9.45. The van der Waals surface area contributed by atoms with Crippen LogP contribution in [0.4, 0.5) is 5.69 Å². The normalized spacial score (nSPS) is 12.2. The minimum absolute atomic E-state index is 0.0570. The summed E-state index contributed by atoms with van der Waals surface area (Å²) in [7, 11) is -4.19. The van der Waals surface area contributed by atoms with Gasteiger partial charge in [0.05, 0.1) is 17.2 Å². The second-order valence-corrected chi connectivity index (χ2v) is 14.5. The first-order chi connectivity index (χ1) is 22.3. The quantitative estimate of drug-likeness (QED) is 0.179. The predicted octanol–water partition coefficient (Wildman–Crippen LogP) is 6.45. The molecule has 0 radical (unpaired) electrons. The van der Waals surface area contributed by atoms with E-state index < -0.39 is 34.1 Å². The van der Waals surface area contributed by atoms with Crippen molar-refractivity contribution in [3.05, 3.63) is 125 Å². The molecule has 2 amide bonds. The highest BCUT2D eigenvalue weighted by molar-refractivity contribution is 7.92. The van der Waals surface area contributed by atoms with Gasteiger partial charge in [-0.1, -0.05) is 72.3 Å². The number of sulfonamides is 1. The maximum absolute atomic E-state index is 14.7. The molecule has 0 aliphatic rings. The maximum Gasteiger partial charge on any atom is 0.264 e.